The third-order valence-corrected chi connectivity index (χ3v) is 7.84. The Morgan fingerprint density at radius 1 is 1.17 bits per heavy atom. The lowest BCUT2D eigenvalue weighted by Gasteiger charge is -2.30. The van der Waals surface area contributed by atoms with Gasteiger partial charge in [-0.3, -0.25) is 4.79 Å². The van der Waals surface area contributed by atoms with Gasteiger partial charge >= 0.3 is 18.0 Å². The molecule has 1 aliphatic carbocycles. The Morgan fingerprint density at radius 3 is 2.73 bits per heavy atom. The van der Waals surface area contributed by atoms with Crippen LogP contribution in [0.15, 0.2) is 48.6 Å². The van der Waals surface area contributed by atoms with Crippen LogP contribution in [0.4, 0.5) is 4.79 Å². The molecule has 2 aliphatic heterocycles. The minimum absolute atomic E-state index is 0.140. The number of methoxy groups -OCH3 is 1. The first-order valence-electron chi connectivity index (χ1n) is 14.2. The van der Waals surface area contributed by atoms with Crippen molar-refractivity contribution >= 4 is 17.9 Å². The number of amides is 3. The van der Waals surface area contributed by atoms with Crippen LogP contribution < -0.4 is 14.8 Å². The molecule has 11 heteroatoms. The van der Waals surface area contributed by atoms with Gasteiger partial charge in [-0.2, -0.15) is 9.97 Å². The van der Waals surface area contributed by atoms with E-state index in [1.54, 1.807) is 24.9 Å². The number of hydrogen-bond donors (Lipinski definition) is 1. The second-order valence-electron chi connectivity index (χ2n) is 10.7. The Balaban J connectivity index is 1.40. The highest BCUT2D eigenvalue weighted by Crippen LogP contribution is 2.46. The Bertz CT molecular complexity index is 1300. The first-order valence-corrected chi connectivity index (χ1v) is 14.2. The van der Waals surface area contributed by atoms with Gasteiger partial charge in [-0.05, 0) is 32.6 Å². The van der Waals surface area contributed by atoms with Gasteiger partial charge in [0.25, 0.3) is 0 Å². The minimum atomic E-state index is -1.11. The van der Waals surface area contributed by atoms with Crippen molar-refractivity contribution in [3.63, 3.8) is 0 Å². The molecular formula is C30H37N5O6. The van der Waals surface area contributed by atoms with Crippen LogP contribution in [0, 0.1) is 5.92 Å². The molecule has 4 atom stereocenters. The number of nitrogens with zero attached hydrogens (tertiary/aromatic N) is 4. The summed E-state index contributed by atoms with van der Waals surface area (Å²) in [5, 5.41) is 2.97. The topological polar surface area (TPSA) is 123 Å². The van der Waals surface area contributed by atoms with E-state index in [1.165, 1.54) is 12.0 Å². The van der Waals surface area contributed by atoms with Gasteiger partial charge in [-0.15, -0.1) is 0 Å². The molecule has 11 nitrogen and oxygen atoms in total. The number of carbonyl (C=O) groups is 3. The molecule has 3 amide bonds. The molecule has 3 aliphatic rings. The fraction of sp³-hybridized carbons (Fsp3) is 0.500. The van der Waals surface area contributed by atoms with E-state index in [0.717, 1.165) is 24.8 Å². The Labute approximate surface area is 239 Å². The fourth-order valence-electron chi connectivity index (χ4n) is 5.53. The summed E-state index contributed by atoms with van der Waals surface area (Å²) < 4.78 is 16.9. The van der Waals surface area contributed by atoms with E-state index < -0.39 is 29.6 Å². The van der Waals surface area contributed by atoms with Gasteiger partial charge in [0.05, 0.1) is 26.0 Å². The number of benzene rings is 1. The molecule has 1 aromatic heterocycles. The van der Waals surface area contributed by atoms with Crippen molar-refractivity contribution in [2.24, 2.45) is 5.92 Å². The van der Waals surface area contributed by atoms with Crippen LogP contribution in [0.5, 0.6) is 11.9 Å². The Morgan fingerprint density at radius 2 is 1.98 bits per heavy atom. The van der Waals surface area contributed by atoms with E-state index in [2.05, 4.69) is 21.4 Å². The van der Waals surface area contributed by atoms with E-state index in [4.69, 9.17) is 14.2 Å². The van der Waals surface area contributed by atoms with Crippen molar-refractivity contribution in [1.82, 2.24) is 25.1 Å². The summed E-state index contributed by atoms with van der Waals surface area (Å²) in [4.78, 5) is 52.2. The van der Waals surface area contributed by atoms with Crippen molar-refractivity contribution < 1.29 is 28.6 Å². The quantitative estimate of drug-likeness (QED) is 0.420. The average Bonchev–Trinajstić information content (AvgIpc) is 3.51. The van der Waals surface area contributed by atoms with Gasteiger partial charge in [0.1, 0.15) is 17.7 Å². The van der Waals surface area contributed by atoms with Crippen molar-refractivity contribution in [2.75, 3.05) is 33.9 Å². The molecule has 5 rings (SSSR count). The van der Waals surface area contributed by atoms with E-state index in [9.17, 15) is 14.4 Å². The van der Waals surface area contributed by atoms with Gasteiger partial charge in [-0.25, -0.2) is 9.59 Å². The number of fused-ring (bicyclic) bond motifs is 2. The summed E-state index contributed by atoms with van der Waals surface area (Å²) in [6.07, 6.45) is 6.81. The van der Waals surface area contributed by atoms with Crippen molar-refractivity contribution in [1.29, 1.82) is 0 Å². The predicted molar refractivity (Wildman–Crippen MR) is 150 cm³/mol. The number of esters is 1. The summed E-state index contributed by atoms with van der Waals surface area (Å²) in [6.45, 7) is 2.72. The summed E-state index contributed by atoms with van der Waals surface area (Å²) in [5.74, 6) is -0.705. The molecule has 0 unspecified atom stereocenters. The van der Waals surface area contributed by atoms with Crippen LogP contribution in [-0.2, 0) is 14.3 Å². The summed E-state index contributed by atoms with van der Waals surface area (Å²) in [5.41, 5.74) is 0.384. The normalized spacial score (nSPS) is 26.4. The third-order valence-electron chi connectivity index (χ3n) is 7.84. The number of nitrogens with one attached hydrogen (secondary N) is 1. The first kappa shape index (κ1) is 28.4. The molecule has 218 valence electrons. The molecule has 2 fully saturated rings. The Kier molecular flexibility index (Phi) is 8.41. The fourth-order valence-corrected chi connectivity index (χ4v) is 5.53. The first-order chi connectivity index (χ1) is 19.8. The minimum Gasteiger partial charge on any atom is -0.472 e. The van der Waals surface area contributed by atoms with Crippen molar-refractivity contribution in [3.8, 4) is 23.1 Å². The lowest BCUT2D eigenvalue weighted by Crippen LogP contribution is -2.55. The monoisotopic (exact) mass is 563 g/mol. The lowest BCUT2D eigenvalue weighted by atomic mass is 10.1. The second-order valence-corrected chi connectivity index (χ2v) is 10.7. The number of hydrogen-bond acceptors (Lipinski definition) is 8. The van der Waals surface area contributed by atoms with E-state index in [-0.39, 0.29) is 43.4 Å². The van der Waals surface area contributed by atoms with Crippen molar-refractivity contribution in [3.05, 3.63) is 48.6 Å². The number of allylic oxidation sites excluding steroid dienone is 1. The van der Waals surface area contributed by atoms with Crippen LogP contribution in [-0.4, -0.2) is 89.2 Å². The van der Waals surface area contributed by atoms with E-state index >= 15 is 0 Å². The zero-order valence-corrected chi connectivity index (χ0v) is 23.7. The summed E-state index contributed by atoms with van der Waals surface area (Å²) in [6, 6.07) is 10.4. The maximum absolute atomic E-state index is 13.7. The predicted octanol–water partition coefficient (Wildman–Crippen LogP) is 3.20. The van der Waals surface area contributed by atoms with Crippen molar-refractivity contribution in [2.45, 2.75) is 56.7 Å². The zero-order valence-electron chi connectivity index (χ0n) is 23.7. The molecule has 1 N–H and O–H groups in total. The molecule has 3 heterocycles. The van der Waals surface area contributed by atoms with Crippen LogP contribution in [0.2, 0.25) is 0 Å². The molecule has 0 radical (unpaired) electrons. The zero-order chi connectivity index (χ0) is 29.0. The number of rotatable bonds is 6. The summed E-state index contributed by atoms with van der Waals surface area (Å²) >= 11 is 0. The second kappa shape index (κ2) is 12.2. The van der Waals surface area contributed by atoms with Gasteiger partial charge in [0.2, 0.25) is 11.8 Å². The van der Waals surface area contributed by atoms with Crippen LogP contribution in [0.25, 0.3) is 11.3 Å². The Hall–Kier alpha value is -4.15. The molecule has 41 heavy (non-hydrogen) atoms. The lowest BCUT2D eigenvalue weighted by molar-refractivity contribution is -0.149. The maximum Gasteiger partial charge on any atom is 0.332 e. The molecule has 1 aromatic carbocycles. The molecule has 2 aromatic rings. The van der Waals surface area contributed by atoms with Gasteiger partial charge in [0.15, 0.2) is 0 Å². The number of ether oxygens (including phenoxy) is 3. The molecule has 1 saturated carbocycles. The number of aromatic nitrogens is 2. The smallest absolute Gasteiger partial charge is 0.332 e. The molecular weight excluding hydrogens is 526 g/mol. The SMILES string of the molecule is CCOC(=O)[C@@]12C[C@H]1C=CCCCCN(C)C(=O)N1C[C@H](Oc3cc(-c4ccccc4)nc(OC)n3)C[C@H]1C(=O)N2. The largest absolute Gasteiger partial charge is 0.472 e. The van der Waals surface area contributed by atoms with Gasteiger partial charge < -0.3 is 29.3 Å². The van der Waals surface area contributed by atoms with Gasteiger partial charge in [-0.1, -0.05) is 42.5 Å². The average molecular weight is 564 g/mol. The van der Waals surface area contributed by atoms with Crippen LogP contribution in [0.1, 0.15) is 39.0 Å². The van der Waals surface area contributed by atoms with E-state index in [1.807, 2.05) is 36.4 Å². The standard InChI is InChI=1S/C30H37N5O6/c1-4-40-27(37)30-18-21(30)14-10-5-6-11-15-34(2)29(38)35-19-22(16-24(35)26(36)33-30)41-25-17-23(31-28(32-25)39-3)20-12-8-7-9-13-20/h7-10,12-14,17,21-22,24H,4-6,11,15-16,18-19H2,1-3H3,(H,33,36)/t21-,22-,24+,30-/m1/s1. The highest BCUT2D eigenvalue weighted by Gasteiger charge is 2.62. The number of carbonyl (C=O) groups excluding carboxylic acids is 3. The van der Waals surface area contributed by atoms with Crippen LogP contribution in [0.3, 0.4) is 0 Å². The van der Waals surface area contributed by atoms with Gasteiger partial charge in [0, 0.05) is 37.6 Å². The highest BCUT2D eigenvalue weighted by atomic mass is 16.5. The summed E-state index contributed by atoms with van der Waals surface area (Å²) in [7, 11) is 3.22. The van der Waals surface area contributed by atoms with E-state index in [0.29, 0.717) is 18.7 Å². The maximum atomic E-state index is 13.7. The molecule has 0 bridgehead atoms. The highest BCUT2D eigenvalue weighted by molar-refractivity contribution is 5.95. The number of urea groups is 1. The third kappa shape index (κ3) is 6.13. The molecule has 1 saturated heterocycles. The van der Waals surface area contributed by atoms with Crippen LogP contribution >= 0.6 is 0 Å². The molecule has 0 spiro atoms.